The molecule has 33 heavy (non-hydrogen) atoms. The number of anilines is 3. The molecule has 0 aromatic carbocycles. The number of pyridine rings is 1. The van der Waals surface area contributed by atoms with E-state index in [9.17, 15) is 4.79 Å². The zero-order valence-electron chi connectivity index (χ0n) is 19.1. The van der Waals surface area contributed by atoms with Crippen LogP contribution in [0.25, 0.3) is 0 Å². The fraction of sp³-hybridized carbons (Fsp3) is 0.542. The quantitative estimate of drug-likeness (QED) is 0.748. The van der Waals surface area contributed by atoms with Crippen molar-refractivity contribution in [1.29, 1.82) is 5.26 Å². The molecule has 1 amide bonds. The molecule has 0 unspecified atom stereocenters. The van der Waals surface area contributed by atoms with E-state index in [1.807, 2.05) is 17.9 Å². The van der Waals surface area contributed by atoms with Crippen molar-refractivity contribution < 1.29 is 4.79 Å². The molecular weight excluding hydrogens is 416 g/mol. The van der Waals surface area contributed by atoms with E-state index in [0.29, 0.717) is 29.0 Å². The molecule has 2 aromatic heterocycles. The van der Waals surface area contributed by atoms with E-state index in [-0.39, 0.29) is 5.91 Å². The summed E-state index contributed by atoms with van der Waals surface area (Å²) in [6.07, 6.45) is 7.61. The number of aromatic nitrogens is 3. The van der Waals surface area contributed by atoms with Gasteiger partial charge in [0.15, 0.2) is 0 Å². The van der Waals surface area contributed by atoms with Gasteiger partial charge in [-0.25, -0.2) is 9.97 Å². The predicted molar refractivity (Wildman–Crippen MR) is 126 cm³/mol. The first-order valence-electron chi connectivity index (χ1n) is 11.9. The molecule has 3 aliphatic heterocycles. The smallest absolute Gasteiger partial charge is 0.259 e. The molecule has 5 heterocycles. The topological polar surface area (TPSA) is 101 Å². The maximum absolute atomic E-state index is 13.5. The lowest BCUT2D eigenvalue weighted by molar-refractivity contribution is 0.0716. The summed E-state index contributed by atoms with van der Waals surface area (Å²) in [6, 6.07) is 6.09. The van der Waals surface area contributed by atoms with Gasteiger partial charge in [0.05, 0.1) is 11.6 Å². The van der Waals surface area contributed by atoms with Crippen molar-refractivity contribution in [1.82, 2.24) is 19.9 Å². The molecular formula is C24H30N8O. The SMILES string of the molecule is CCNc1ncc2c(n1)N1CCC[C@H]1CN(CC1CCN(c3cc(C#N)ccn3)CC1)C2=O. The molecule has 1 atom stereocenters. The second kappa shape index (κ2) is 9.22. The van der Waals surface area contributed by atoms with E-state index in [2.05, 4.69) is 31.2 Å². The van der Waals surface area contributed by atoms with Crippen LogP contribution < -0.4 is 15.1 Å². The monoisotopic (exact) mass is 446 g/mol. The average Bonchev–Trinajstić information content (AvgIpc) is 3.28. The van der Waals surface area contributed by atoms with Crippen molar-refractivity contribution in [2.24, 2.45) is 5.92 Å². The van der Waals surface area contributed by atoms with Crippen LogP contribution in [0.3, 0.4) is 0 Å². The summed E-state index contributed by atoms with van der Waals surface area (Å²) >= 11 is 0. The van der Waals surface area contributed by atoms with Crippen molar-refractivity contribution in [3.8, 4) is 6.07 Å². The summed E-state index contributed by atoms with van der Waals surface area (Å²) < 4.78 is 0. The molecule has 1 N–H and O–H groups in total. The zero-order valence-corrected chi connectivity index (χ0v) is 19.1. The highest BCUT2D eigenvalue weighted by Crippen LogP contribution is 2.33. The third kappa shape index (κ3) is 4.30. The fourth-order valence-corrected chi connectivity index (χ4v) is 5.27. The lowest BCUT2D eigenvalue weighted by atomic mass is 9.95. The van der Waals surface area contributed by atoms with Crippen LogP contribution in [0.5, 0.6) is 0 Å². The number of carbonyl (C=O) groups excluding carboxylic acids is 1. The van der Waals surface area contributed by atoms with Crippen LogP contribution in [0, 0.1) is 17.2 Å². The fourth-order valence-electron chi connectivity index (χ4n) is 5.27. The van der Waals surface area contributed by atoms with Gasteiger partial charge in [0.2, 0.25) is 5.95 Å². The number of nitriles is 1. The minimum Gasteiger partial charge on any atom is -0.357 e. The van der Waals surface area contributed by atoms with Crippen molar-refractivity contribution in [2.45, 2.75) is 38.6 Å². The average molecular weight is 447 g/mol. The van der Waals surface area contributed by atoms with Gasteiger partial charge in [-0.15, -0.1) is 0 Å². The van der Waals surface area contributed by atoms with Gasteiger partial charge in [0, 0.05) is 57.7 Å². The van der Waals surface area contributed by atoms with Crippen LogP contribution in [0.2, 0.25) is 0 Å². The Hall–Kier alpha value is -3.41. The molecule has 0 aliphatic carbocycles. The lowest BCUT2D eigenvalue weighted by Gasteiger charge is -2.36. The molecule has 2 fully saturated rings. The van der Waals surface area contributed by atoms with Crippen molar-refractivity contribution in [2.75, 3.05) is 54.4 Å². The van der Waals surface area contributed by atoms with Crippen molar-refractivity contribution in [3.63, 3.8) is 0 Å². The van der Waals surface area contributed by atoms with E-state index >= 15 is 0 Å². The molecule has 9 heteroatoms. The van der Waals surface area contributed by atoms with E-state index in [1.54, 1.807) is 18.5 Å². The Balaban J connectivity index is 1.29. The molecule has 0 spiro atoms. The first-order chi connectivity index (χ1) is 16.2. The molecule has 0 bridgehead atoms. The maximum atomic E-state index is 13.5. The third-order valence-electron chi connectivity index (χ3n) is 6.99. The zero-order chi connectivity index (χ0) is 22.8. The highest BCUT2D eigenvalue weighted by Gasteiger charge is 2.37. The van der Waals surface area contributed by atoms with Crippen molar-refractivity contribution >= 4 is 23.5 Å². The van der Waals surface area contributed by atoms with Crippen LogP contribution in [0.1, 0.15) is 48.5 Å². The summed E-state index contributed by atoms with van der Waals surface area (Å²) in [4.78, 5) is 33.7. The molecule has 9 nitrogen and oxygen atoms in total. The highest BCUT2D eigenvalue weighted by molar-refractivity contribution is 5.99. The van der Waals surface area contributed by atoms with E-state index in [0.717, 1.165) is 76.6 Å². The van der Waals surface area contributed by atoms with E-state index in [4.69, 9.17) is 10.2 Å². The number of carbonyl (C=O) groups is 1. The van der Waals surface area contributed by atoms with Crippen LogP contribution in [0.15, 0.2) is 24.5 Å². The minimum absolute atomic E-state index is 0.0493. The number of hydrogen-bond donors (Lipinski definition) is 1. The molecule has 2 saturated heterocycles. The number of hydrogen-bond acceptors (Lipinski definition) is 8. The Bertz CT molecular complexity index is 1060. The summed E-state index contributed by atoms with van der Waals surface area (Å²) in [5.41, 5.74) is 1.26. The third-order valence-corrected chi connectivity index (χ3v) is 6.99. The van der Waals surface area contributed by atoms with Gasteiger partial charge in [-0.05, 0) is 50.7 Å². The highest BCUT2D eigenvalue weighted by atomic mass is 16.2. The number of nitrogens with zero attached hydrogens (tertiary/aromatic N) is 7. The van der Waals surface area contributed by atoms with E-state index in [1.165, 1.54) is 0 Å². The number of rotatable bonds is 5. The van der Waals surface area contributed by atoms with Crippen LogP contribution >= 0.6 is 0 Å². The van der Waals surface area contributed by atoms with Gasteiger partial charge in [0.1, 0.15) is 17.2 Å². The number of fused-ring (bicyclic) bond motifs is 3. The van der Waals surface area contributed by atoms with Crippen molar-refractivity contribution in [3.05, 3.63) is 35.7 Å². The Morgan fingerprint density at radius 3 is 2.85 bits per heavy atom. The Morgan fingerprint density at radius 1 is 1.21 bits per heavy atom. The van der Waals surface area contributed by atoms with Gasteiger partial charge in [0.25, 0.3) is 5.91 Å². The molecule has 0 saturated carbocycles. The van der Waals surface area contributed by atoms with Gasteiger partial charge in [-0.2, -0.15) is 10.2 Å². The first kappa shape index (κ1) is 21.4. The first-order valence-corrected chi connectivity index (χ1v) is 11.9. The second-order valence-corrected chi connectivity index (χ2v) is 9.11. The molecule has 5 rings (SSSR count). The Kier molecular flexibility index (Phi) is 5.99. The van der Waals surface area contributed by atoms with E-state index < -0.39 is 0 Å². The Morgan fingerprint density at radius 2 is 2.06 bits per heavy atom. The van der Waals surface area contributed by atoms with Gasteiger partial charge in [-0.3, -0.25) is 4.79 Å². The normalized spacial score (nSPS) is 20.8. The number of amides is 1. The van der Waals surface area contributed by atoms with Crippen LogP contribution in [-0.4, -0.2) is 71.1 Å². The van der Waals surface area contributed by atoms with Crippen LogP contribution in [0.4, 0.5) is 17.6 Å². The lowest BCUT2D eigenvalue weighted by Crippen LogP contribution is -2.44. The largest absolute Gasteiger partial charge is 0.357 e. The van der Waals surface area contributed by atoms with Gasteiger partial charge >= 0.3 is 0 Å². The van der Waals surface area contributed by atoms with Gasteiger partial charge < -0.3 is 20.0 Å². The maximum Gasteiger partial charge on any atom is 0.259 e. The standard InChI is InChI=1S/C24H30N8O/c1-2-26-24-28-14-20-22(29-24)32-9-3-4-19(32)16-31(23(20)33)15-17-6-10-30(11-7-17)21-12-18(13-25)5-8-27-21/h5,8,12,14,17,19H,2-4,6-7,9-11,15-16H2,1H3,(H,26,28,29)/t19-/m0/s1. The molecule has 3 aliphatic rings. The molecule has 2 aromatic rings. The van der Waals surface area contributed by atoms with Crippen LogP contribution in [-0.2, 0) is 0 Å². The summed E-state index contributed by atoms with van der Waals surface area (Å²) in [6.45, 7) is 6.98. The summed E-state index contributed by atoms with van der Waals surface area (Å²) in [5.74, 6) is 2.73. The molecule has 172 valence electrons. The summed E-state index contributed by atoms with van der Waals surface area (Å²) in [7, 11) is 0. The second-order valence-electron chi connectivity index (χ2n) is 9.11. The number of nitrogens with one attached hydrogen (secondary N) is 1. The molecule has 0 radical (unpaired) electrons. The van der Waals surface area contributed by atoms with Gasteiger partial charge in [-0.1, -0.05) is 0 Å². The summed E-state index contributed by atoms with van der Waals surface area (Å²) in [5, 5.41) is 12.3. The Labute approximate surface area is 194 Å². The predicted octanol–water partition coefficient (Wildman–Crippen LogP) is 2.52. The number of piperidine rings is 1. The minimum atomic E-state index is 0.0493.